The lowest BCUT2D eigenvalue weighted by Crippen LogP contribution is -1.90. The molecule has 0 aliphatic rings. The third-order valence-electron chi connectivity index (χ3n) is 3.83. The van der Waals surface area contributed by atoms with E-state index in [1.807, 2.05) is 6.92 Å². The number of pyridine rings is 1. The first-order valence-corrected chi connectivity index (χ1v) is 8.99. The molecule has 0 saturated heterocycles. The van der Waals surface area contributed by atoms with Crippen molar-refractivity contribution in [2.75, 3.05) is 0 Å². The van der Waals surface area contributed by atoms with Crippen LogP contribution in [0.1, 0.15) is 23.6 Å². The third kappa shape index (κ3) is 3.72. The molecule has 0 fully saturated rings. The van der Waals surface area contributed by atoms with E-state index in [9.17, 15) is 4.39 Å². The number of aromatic nitrogens is 5. The fraction of sp³-hybridized carbons (Fsp3) is 0.167. The van der Waals surface area contributed by atoms with E-state index < -0.39 is 0 Å². The highest BCUT2D eigenvalue weighted by atomic mass is 32.2. The number of hydrogen-bond acceptors (Lipinski definition) is 8. The molecule has 0 spiro atoms. The molecule has 0 aliphatic heterocycles. The number of thioether (sulfide) groups is 1. The molecule has 0 bridgehead atoms. The highest BCUT2D eigenvalue weighted by molar-refractivity contribution is 7.99. The highest BCUT2D eigenvalue weighted by Gasteiger charge is 2.20. The van der Waals surface area contributed by atoms with Gasteiger partial charge in [-0.1, -0.05) is 29.1 Å². The molecule has 0 radical (unpaired) electrons. The van der Waals surface area contributed by atoms with Crippen LogP contribution < -0.4 is 0 Å². The molecule has 1 aromatic carbocycles. The van der Waals surface area contributed by atoms with Gasteiger partial charge >= 0.3 is 0 Å². The van der Waals surface area contributed by atoms with Crippen LogP contribution in [-0.4, -0.2) is 25.3 Å². The molecular weight excluding hydrogens is 369 g/mol. The summed E-state index contributed by atoms with van der Waals surface area (Å²) in [7, 11) is 0. The Kier molecular flexibility index (Phi) is 4.68. The highest BCUT2D eigenvalue weighted by Crippen LogP contribution is 2.35. The first kappa shape index (κ1) is 17.3. The lowest BCUT2D eigenvalue weighted by Gasteiger charge is -2.01. The van der Waals surface area contributed by atoms with Gasteiger partial charge in [0.25, 0.3) is 5.22 Å². The van der Waals surface area contributed by atoms with E-state index >= 15 is 0 Å². The Bertz CT molecular complexity index is 1070. The summed E-state index contributed by atoms with van der Waals surface area (Å²) in [6.07, 6.45) is 3.31. The van der Waals surface area contributed by atoms with Crippen molar-refractivity contribution < 1.29 is 13.3 Å². The summed E-state index contributed by atoms with van der Waals surface area (Å²) in [5.41, 5.74) is 1.91. The Morgan fingerprint density at radius 1 is 1.07 bits per heavy atom. The molecule has 7 nitrogen and oxygen atoms in total. The summed E-state index contributed by atoms with van der Waals surface area (Å²) in [6, 6.07) is 8.40. The van der Waals surface area contributed by atoms with Gasteiger partial charge in [0.15, 0.2) is 0 Å². The largest absolute Gasteiger partial charge is 0.411 e. The van der Waals surface area contributed by atoms with Crippen molar-refractivity contribution in [3.63, 3.8) is 0 Å². The van der Waals surface area contributed by atoms with E-state index in [4.69, 9.17) is 8.94 Å². The Morgan fingerprint density at radius 3 is 2.67 bits per heavy atom. The Labute approximate surface area is 158 Å². The fourth-order valence-electron chi connectivity index (χ4n) is 2.32. The molecule has 0 aliphatic carbocycles. The minimum absolute atomic E-state index is 0.215. The molecule has 4 aromatic rings. The van der Waals surface area contributed by atoms with Gasteiger partial charge in [-0.2, -0.15) is 4.98 Å². The maximum atomic E-state index is 13.7. The first-order valence-electron chi connectivity index (χ1n) is 8.11. The lowest BCUT2D eigenvalue weighted by atomic mass is 10.1. The average molecular weight is 383 g/mol. The molecule has 0 saturated carbocycles. The normalized spacial score (nSPS) is 12.3. The van der Waals surface area contributed by atoms with Crippen LogP contribution in [0.4, 0.5) is 4.39 Å². The van der Waals surface area contributed by atoms with E-state index in [-0.39, 0.29) is 11.1 Å². The quantitative estimate of drug-likeness (QED) is 0.466. The predicted octanol–water partition coefficient (Wildman–Crippen LogP) is 4.48. The topological polar surface area (TPSA) is 90.7 Å². The molecular formula is C18H14FN5O2S. The molecule has 4 rings (SSSR count). The van der Waals surface area contributed by atoms with Gasteiger partial charge in [-0.25, -0.2) is 4.39 Å². The Hall–Kier alpha value is -3.07. The van der Waals surface area contributed by atoms with Gasteiger partial charge in [0, 0.05) is 23.5 Å². The van der Waals surface area contributed by atoms with E-state index in [1.54, 1.807) is 43.6 Å². The zero-order chi connectivity index (χ0) is 18.8. The van der Waals surface area contributed by atoms with Crippen molar-refractivity contribution in [2.24, 2.45) is 0 Å². The standard InChI is InChI=1S/C18H14FN5O2S/c1-10-3-4-13(9-14(10)19)15-21-16(26-24-15)11(2)27-18-23-22-17(25-18)12-5-7-20-8-6-12/h3-9,11H,1-2H3. The van der Waals surface area contributed by atoms with Crippen LogP contribution in [0.25, 0.3) is 22.8 Å². The Morgan fingerprint density at radius 2 is 1.89 bits per heavy atom. The van der Waals surface area contributed by atoms with E-state index in [0.29, 0.717) is 34.0 Å². The number of hydrogen-bond donors (Lipinski definition) is 0. The minimum atomic E-state index is -0.309. The molecule has 136 valence electrons. The number of benzene rings is 1. The number of rotatable bonds is 5. The molecule has 1 atom stereocenters. The van der Waals surface area contributed by atoms with Crippen LogP contribution in [0.5, 0.6) is 0 Å². The van der Waals surface area contributed by atoms with Crippen LogP contribution in [0.2, 0.25) is 0 Å². The van der Waals surface area contributed by atoms with Crippen molar-refractivity contribution in [2.45, 2.75) is 24.3 Å². The summed E-state index contributed by atoms with van der Waals surface area (Å²) in [5, 5.41) is 12.2. The van der Waals surface area contributed by atoms with Crippen LogP contribution in [-0.2, 0) is 0 Å². The van der Waals surface area contributed by atoms with E-state index in [0.717, 1.165) is 5.56 Å². The third-order valence-corrected chi connectivity index (χ3v) is 4.75. The zero-order valence-electron chi connectivity index (χ0n) is 14.5. The molecule has 9 heteroatoms. The first-order chi connectivity index (χ1) is 13.1. The summed E-state index contributed by atoms with van der Waals surface area (Å²) in [5.74, 6) is 0.822. The van der Waals surface area contributed by atoms with Crippen molar-refractivity contribution in [1.82, 2.24) is 25.3 Å². The molecule has 0 amide bonds. The average Bonchev–Trinajstić information content (AvgIpc) is 3.34. The second-order valence-corrected chi connectivity index (χ2v) is 7.08. The van der Waals surface area contributed by atoms with E-state index in [2.05, 4.69) is 25.3 Å². The smallest absolute Gasteiger partial charge is 0.277 e. The maximum absolute atomic E-state index is 13.7. The van der Waals surface area contributed by atoms with Gasteiger partial charge in [-0.05, 0) is 37.6 Å². The summed E-state index contributed by atoms with van der Waals surface area (Å²) in [6.45, 7) is 3.58. The van der Waals surface area contributed by atoms with Gasteiger partial charge in [0.05, 0.1) is 5.25 Å². The van der Waals surface area contributed by atoms with E-state index in [1.165, 1.54) is 17.8 Å². The molecule has 3 heterocycles. The minimum Gasteiger partial charge on any atom is -0.411 e. The molecule has 3 aromatic heterocycles. The summed E-state index contributed by atoms with van der Waals surface area (Å²) < 4.78 is 24.7. The van der Waals surface area contributed by atoms with Crippen LogP contribution in [0, 0.1) is 12.7 Å². The fourth-order valence-corrected chi connectivity index (χ4v) is 3.03. The van der Waals surface area contributed by atoms with Crippen molar-refractivity contribution in [3.8, 4) is 22.8 Å². The second-order valence-electron chi connectivity index (χ2n) is 5.79. The number of halogens is 1. The molecule has 1 unspecified atom stereocenters. The lowest BCUT2D eigenvalue weighted by molar-refractivity contribution is 0.379. The number of nitrogens with zero attached hydrogens (tertiary/aromatic N) is 5. The predicted molar refractivity (Wildman–Crippen MR) is 96.2 cm³/mol. The second kappa shape index (κ2) is 7.28. The van der Waals surface area contributed by atoms with Gasteiger partial charge < -0.3 is 8.94 Å². The maximum Gasteiger partial charge on any atom is 0.277 e. The molecule has 0 N–H and O–H groups in total. The van der Waals surface area contributed by atoms with Gasteiger partial charge in [0.2, 0.25) is 17.6 Å². The monoisotopic (exact) mass is 383 g/mol. The Balaban J connectivity index is 1.49. The van der Waals surface area contributed by atoms with Gasteiger partial charge in [-0.3, -0.25) is 4.98 Å². The zero-order valence-corrected chi connectivity index (χ0v) is 15.3. The van der Waals surface area contributed by atoms with Crippen molar-refractivity contribution in [3.05, 3.63) is 60.0 Å². The van der Waals surface area contributed by atoms with Crippen molar-refractivity contribution in [1.29, 1.82) is 0 Å². The summed E-state index contributed by atoms with van der Waals surface area (Å²) >= 11 is 1.30. The van der Waals surface area contributed by atoms with Crippen LogP contribution in [0.3, 0.4) is 0 Å². The van der Waals surface area contributed by atoms with Crippen molar-refractivity contribution >= 4 is 11.8 Å². The van der Waals surface area contributed by atoms with Gasteiger partial charge in [0.1, 0.15) is 5.82 Å². The summed E-state index contributed by atoms with van der Waals surface area (Å²) in [4.78, 5) is 8.31. The number of aryl methyl sites for hydroxylation is 1. The van der Waals surface area contributed by atoms with Gasteiger partial charge in [-0.15, -0.1) is 10.2 Å². The SMILES string of the molecule is Cc1ccc(-c2noc(C(C)Sc3nnc(-c4ccncc4)o3)n2)cc1F. The van der Waals surface area contributed by atoms with Crippen LogP contribution >= 0.6 is 11.8 Å². The molecule has 27 heavy (non-hydrogen) atoms. The van der Waals surface area contributed by atoms with Crippen LogP contribution in [0.15, 0.2) is 56.9 Å².